The maximum Gasteiger partial charge on any atom is 0.300 e. The van der Waals surface area contributed by atoms with E-state index >= 15 is 0 Å². The Kier molecular flexibility index (Phi) is 3.54. The van der Waals surface area contributed by atoms with Gasteiger partial charge in [0.15, 0.2) is 10.1 Å². The summed E-state index contributed by atoms with van der Waals surface area (Å²) in [6.07, 6.45) is 0. The number of aromatic nitrogens is 2. The highest BCUT2D eigenvalue weighted by Crippen LogP contribution is 2.24. The van der Waals surface area contributed by atoms with Crippen LogP contribution in [-0.2, 0) is 5.75 Å². The Bertz CT molecular complexity index is 468. The smallest absolute Gasteiger partial charge is 0.300 e. The summed E-state index contributed by atoms with van der Waals surface area (Å²) in [7, 11) is 0. The minimum atomic E-state index is -0.438. The Morgan fingerprint density at radius 2 is 2.50 bits per heavy atom. The topological polar surface area (TPSA) is 94.0 Å². The van der Waals surface area contributed by atoms with E-state index in [4.69, 9.17) is 10.3 Å². The number of hydrogen-bond donors (Lipinski definition) is 2. The molecule has 0 saturated carbocycles. The van der Waals surface area contributed by atoms with E-state index in [0.717, 1.165) is 4.34 Å². The molecule has 0 aromatic carbocycles. The molecule has 0 saturated heterocycles. The Morgan fingerprint density at radius 3 is 3.19 bits per heavy atom. The van der Waals surface area contributed by atoms with Crippen molar-refractivity contribution in [2.45, 2.75) is 10.1 Å². The minimum Gasteiger partial charge on any atom is -0.455 e. The molecule has 0 fully saturated rings. The van der Waals surface area contributed by atoms with Crippen LogP contribution in [0.3, 0.4) is 0 Å². The average molecular weight is 256 g/mol. The van der Waals surface area contributed by atoms with Crippen LogP contribution in [0.4, 0.5) is 0 Å². The number of nitrogens with two attached hydrogens (primary N) is 1. The van der Waals surface area contributed by atoms with Gasteiger partial charge in [-0.1, -0.05) is 23.1 Å². The molecule has 2 aromatic heterocycles. The Hall–Kier alpha value is -1.38. The fourth-order valence-electron chi connectivity index (χ4n) is 1.01. The third kappa shape index (κ3) is 2.60. The molecule has 0 aliphatic rings. The minimum absolute atomic E-state index is 0.204. The van der Waals surface area contributed by atoms with Gasteiger partial charge in [0, 0.05) is 0 Å². The number of thioether (sulfide) groups is 1. The summed E-state index contributed by atoms with van der Waals surface area (Å²) in [6.45, 7) is 0. The zero-order valence-corrected chi connectivity index (χ0v) is 9.68. The first-order valence-corrected chi connectivity index (χ1v) is 6.14. The maximum atomic E-state index is 11.1. The van der Waals surface area contributed by atoms with Crippen LogP contribution in [-0.4, -0.2) is 16.1 Å². The van der Waals surface area contributed by atoms with Crippen LogP contribution in [0.25, 0.3) is 0 Å². The van der Waals surface area contributed by atoms with E-state index < -0.39 is 5.91 Å². The molecule has 0 radical (unpaired) electrons. The molecule has 0 unspecified atom stereocenters. The molecular formula is C8H8N4O2S2. The number of amides is 1. The lowest BCUT2D eigenvalue weighted by Gasteiger charge is -1.94. The number of rotatable bonds is 4. The number of nitrogen functional groups attached to an aromatic ring is 1. The van der Waals surface area contributed by atoms with Crippen LogP contribution in [0.5, 0.6) is 0 Å². The number of furan rings is 1. The second kappa shape index (κ2) is 5.10. The monoisotopic (exact) mass is 256 g/mol. The van der Waals surface area contributed by atoms with Gasteiger partial charge in [0.05, 0.1) is 5.75 Å². The SMILES string of the molecule is NNC(=O)c1ccc(CSc2nncs2)o1. The van der Waals surface area contributed by atoms with Gasteiger partial charge in [-0.25, -0.2) is 5.84 Å². The fraction of sp³-hybridized carbons (Fsp3) is 0.125. The van der Waals surface area contributed by atoms with Crippen molar-refractivity contribution in [2.75, 3.05) is 0 Å². The molecule has 1 amide bonds. The van der Waals surface area contributed by atoms with Crippen LogP contribution in [0.15, 0.2) is 26.4 Å². The molecule has 3 N–H and O–H groups in total. The average Bonchev–Trinajstić information content (AvgIpc) is 2.96. The molecule has 2 rings (SSSR count). The van der Waals surface area contributed by atoms with Gasteiger partial charge >= 0.3 is 5.91 Å². The van der Waals surface area contributed by atoms with E-state index in [1.54, 1.807) is 17.6 Å². The van der Waals surface area contributed by atoms with Gasteiger partial charge in [-0.2, -0.15) is 0 Å². The summed E-state index contributed by atoms with van der Waals surface area (Å²) >= 11 is 2.96. The number of carbonyl (C=O) groups excluding carboxylic acids is 1. The Labute approximate surface area is 99.2 Å². The lowest BCUT2D eigenvalue weighted by molar-refractivity contribution is 0.0924. The van der Waals surface area contributed by atoms with E-state index in [-0.39, 0.29) is 5.76 Å². The zero-order valence-electron chi connectivity index (χ0n) is 8.04. The molecule has 84 valence electrons. The quantitative estimate of drug-likeness (QED) is 0.367. The number of nitrogens with zero attached hydrogens (tertiary/aromatic N) is 2. The van der Waals surface area contributed by atoms with Crippen LogP contribution in [0.1, 0.15) is 16.3 Å². The Balaban J connectivity index is 1.95. The summed E-state index contributed by atoms with van der Waals surface area (Å²) in [5.41, 5.74) is 3.67. The maximum absolute atomic E-state index is 11.1. The zero-order chi connectivity index (χ0) is 11.4. The van der Waals surface area contributed by atoms with Gasteiger partial charge in [-0.15, -0.1) is 10.2 Å². The summed E-state index contributed by atoms with van der Waals surface area (Å²) in [6, 6.07) is 3.32. The predicted molar refractivity (Wildman–Crippen MR) is 59.8 cm³/mol. The van der Waals surface area contributed by atoms with E-state index in [2.05, 4.69) is 10.2 Å². The van der Waals surface area contributed by atoms with E-state index in [1.165, 1.54) is 23.1 Å². The lowest BCUT2D eigenvalue weighted by atomic mass is 10.4. The molecule has 0 bridgehead atoms. The van der Waals surface area contributed by atoms with Crippen molar-refractivity contribution < 1.29 is 9.21 Å². The first-order valence-electron chi connectivity index (χ1n) is 4.28. The molecular weight excluding hydrogens is 248 g/mol. The van der Waals surface area contributed by atoms with Crippen molar-refractivity contribution in [2.24, 2.45) is 5.84 Å². The van der Waals surface area contributed by atoms with Crippen molar-refractivity contribution in [1.82, 2.24) is 15.6 Å². The van der Waals surface area contributed by atoms with Crippen LogP contribution in [0, 0.1) is 0 Å². The van der Waals surface area contributed by atoms with Gasteiger partial charge in [0.2, 0.25) is 0 Å². The molecule has 2 aromatic rings. The normalized spacial score (nSPS) is 10.3. The number of carbonyl (C=O) groups is 1. The standard InChI is InChI=1S/C8H8N4O2S2/c9-11-7(13)6-2-1-5(14-6)3-15-8-12-10-4-16-8/h1-2,4H,3,9H2,(H,11,13). The molecule has 0 aliphatic heterocycles. The molecule has 8 heteroatoms. The van der Waals surface area contributed by atoms with E-state index in [9.17, 15) is 4.79 Å². The van der Waals surface area contributed by atoms with Crippen LogP contribution >= 0.6 is 23.1 Å². The molecule has 6 nitrogen and oxygen atoms in total. The summed E-state index contributed by atoms with van der Waals surface area (Å²) in [5, 5.41) is 7.60. The fourth-order valence-corrected chi connectivity index (χ4v) is 2.39. The van der Waals surface area contributed by atoms with Crippen LogP contribution in [0.2, 0.25) is 0 Å². The van der Waals surface area contributed by atoms with Crippen molar-refractivity contribution in [3.05, 3.63) is 29.2 Å². The summed E-state index contributed by atoms with van der Waals surface area (Å²) < 4.78 is 6.14. The van der Waals surface area contributed by atoms with Crippen molar-refractivity contribution in [3.8, 4) is 0 Å². The highest BCUT2D eigenvalue weighted by Gasteiger charge is 2.10. The highest BCUT2D eigenvalue weighted by atomic mass is 32.2. The lowest BCUT2D eigenvalue weighted by Crippen LogP contribution is -2.29. The Morgan fingerprint density at radius 1 is 1.62 bits per heavy atom. The van der Waals surface area contributed by atoms with Gasteiger partial charge in [0.1, 0.15) is 11.3 Å². The second-order valence-corrected chi connectivity index (χ2v) is 4.79. The van der Waals surface area contributed by atoms with Crippen molar-refractivity contribution in [3.63, 3.8) is 0 Å². The van der Waals surface area contributed by atoms with E-state index in [1.807, 2.05) is 5.43 Å². The van der Waals surface area contributed by atoms with Gasteiger partial charge < -0.3 is 4.42 Å². The molecule has 0 atom stereocenters. The third-order valence-electron chi connectivity index (χ3n) is 1.69. The summed E-state index contributed by atoms with van der Waals surface area (Å²) in [5.74, 6) is 6.05. The number of hydrazine groups is 1. The second-order valence-electron chi connectivity index (χ2n) is 2.73. The third-order valence-corrected chi connectivity index (χ3v) is 3.58. The first kappa shape index (κ1) is 11.1. The predicted octanol–water partition coefficient (Wildman–Crippen LogP) is 1.03. The molecule has 16 heavy (non-hydrogen) atoms. The first-order chi connectivity index (χ1) is 7.79. The largest absolute Gasteiger partial charge is 0.455 e. The molecule has 0 aliphatic carbocycles. The van der Waals surface area contributed by atoms with Crippen molar-refractivity contribution in [1.29, 1.82) is 0 Å². The van der Waals surface area contributed by atoms with E-state index in [0.29, 0.717) is 11.5 Å². The van der Waals surface area contributed by atoms with Gasteiger partial charge in [0.25, 0.3) is 0 Å². The summed E-state index contributed by atoms with van der Waals surface area (Å²) in [4.78, 5) is 11.1. The van der Waals surface area contributed by atoms with Gasteiger partial charge in [-0.05, 0) is 12.1 Å². The highest BCUT2D eigenvalue weighted by molar-refractivity contribution is 8.00. The molecule has 0 spiro atoms. The number of nitrogens with one attached hydrogen (secondary N) is 1. The van der Waals surface area contributed by atoms with Gasteiger partial charge in [-0.3, -0.25) is 10.2 Å². The number of hydrogen-bond acceptors (Lipinski definition) is 7. The molecule has 2 heterocycles. The van der Waals surface area contributed by atoms with Crippen LogP contribution < -0.4 is 11.3 Å². The van der Waals surface area contributed by atoms with Crippen molar-refractivity contribution >= 4 is 29.0 Å².